The second-order valence-electron chi connectivity index (χ2n) is 5.89. The van der Waals surface area contributed by atoms with Crippen molar-refractivity contribution in [1.29, 1.82) is 0 Å². The first-order chi connectivity index (χ1) is 9.61. The Hall–Kier alpha value is -1.63. The third kappa shape index (κ3) is 3.02. The van der Waals surface area contributed by atoms with Crippen LogP contribution in [0.3, 0.4) is 0 Å². The van der Waals surface area contributed by atoms with Gasteiger partial charge in [0, 0.05) is 11.9 Å². The summed E-state index contributed by atoms with van der Waals surface area (Å²) in [5.41, 5.74) is -0.359. The Morgan fingerprint density at radius 2 is 2.05 bits per heavy atom. The predicted molar refractivity (Wildman–Crippen MR) is 78.4 cm³/mol. The van der Waals surface area contributed by atoms with Crippen LogP contribution in [0.25, 0.3) is 0 Å². The van der Waals surface area contributed by atoms with E-state index in [9.17, 15) is 19.5 Å². The summed E-state index contributed by atoms with van der Waals surface area (Å²) in [6, 6.07) is 0. The van der Waals surface area contributed by atoms with Crippen molar-refractivity contribution >= 4 is 33.8 Å². The first-order valence-electron chi connectivity index (χ1n) is 6.51. The van der Waals surface area contributed by atoms with Gasteiger partial charge >= 0.3 is 12.1 Å². The lowest BCUT2D eigenvalue weighted by molar-refractivity contribution is 0.0532. The van der Waals surface area contributed by atoms with Gasteiger partial charge in [0.1, 0.15) is 5.60 Å². The predicted octanol–water partition coefficient (Wildman–Crippen LogP) is 2.86. The Bertz CT molecular complexity index is 626. The van der Waals surface area contributed by atoms with Gasteiger partial charge in [-0.05, 0) is 33.6 Å². The van der Waals surface area contributed by atoms with Crippen molar-refractivity contribution in [2.24, 2.45) is 0 Å². The molecule has 0 aliphatic heterocycles. The van der Waals surface area contributed by atoms with E-state index >= 15 is 0 Å². The first-order valence-corrected chi connectivity index (χ1v) is 7.42. The standard InChI is InChI=1S/C14H16BrNO5/c1-14(2,3)21-13(20)16-6-7(12(18)19)10-9(16)5-4-8(15)11(10)17/h6,8H,4-5H2,1-3H3,(H,18,19). The number of ether oxygens (including phenoxy) is 1. The first kappa shape index (κ1) is 15.8. The fourth-order valence-corrected chi connectivity index (χ4v) is 2.71. The third-order valence-corrected chi connectivity index (χ3v) is 3.97. The van der Waals surface area contributed by atoms with Gasteiger partial charge in [-0.25, -0.2) is 9.59 Å². The molecule has 2 rings (SSSR count). The molecule has 6 nitrogen and oxygen atoms in total. The quantitative estimate of drug-likeness (QED) is 0.781. The second-order valence-corrected chi connectivity index (χ2v) is 7.00. The summed E-state index contributed by atoms with van der Waals surface area (Å²) in [5, 5.41) is 9.24. The lowest BCUT2D eigenvalue weighted by Gasteiger charge is -2.22. The van der Waals surface area contributed by atoms with Crippen molar-refractivity contribution in [2.45, 2.75) is 44.0 Å². The number of alkyl halides is 1. The molecular weight excluding hydrogens is 342 g/mol. The van der Waals surface area contributed by atoms with Gasteiger partial charge in [-0.1, -0.05) is 15.9 Å². The molecular formula is C14H16BrNO5. The molecule has 1 aliphatic carbocycles. The number of carboxylic acids is 1. The Kier molecular flexibility index (Phi) is 3.97. The van der Waals surface area contributed by atoms with Crippen molar-refractivity contribution in [1.82, 2.24) is 4.57 Å². The van der Waals surface area contributed by atoms with Gasteiger partial charge < -0.3 is 9.84 Å². The van der Waals surface area contributed by atoms with E-state index in [0.717, 1.165) is 4.57 Å². The monoisotopic (exact) mass is 357 g/mol. The van der Waals surface area contributed by atoms with E-state index in [1.165, 1.54) is 6.20 Å². The summed E-state index contributed by atoms with van der Waals surface area (Å²) < 4.78 is 6.39. The highest BCUT2D eigenvalue weighted by Gasteiger charge is 2.35. The summed E-state index contributed by atoms with van der Waals surface area (Å²) in [4.78, 5) is 35.3. The van der Waals surface area contributed by atoms with E-state index < -0.39 is 22.5 Å². The van der Waals surface area contributed by atoms with Gasteiger partial charge in [0.2, 0.25) is 0 Å². The van der Waals surface area contributed by atoms with Crippen molar-refractivity contribution in [3.63, 3.8) is 0 Å². The molecule has 0 bridgehead atoms. The molecule has 21 heavy (non-hydrogen) atoms. The maximum Gasteiger partial charge on any atom is 0.418 e. The molecule has 1 heterocycles. The summed E-state index contributed by atoms with van der Waals surface area (Å²) in [7, 11) is 0. The van der Waals surface area contributed by atoms with E-state index in [1.54, 1.807) is 20.8 Å². The molecule has 7 heteroatoms. The number of carboxylic acid groups (broad SMARTS) is 1. The van der Waals surface area contributed by atoms with Crippen LogP contribution in [0.5, 0.6) is 0 Å². The zero-order chi connectivity index (χ0) is 15.9. The van der Waals surface area contributed by atoms with Crippen LogP contribution >= 0.6 is 15.9 Å². The summed E-state index contributed by atoms with van der Waals surface area (Å²) in [6.45, 7) is 5.16. The van der Waals surface area contributed by atoms with Gasteiger partial charge in [-0.2, -0.15) is 0 Å². The molecule has 1 aromatic rings. The van der Waals surface area contributed by atoms with Crippen LogP contribution in [0.1, 0.15) is 53.6 Å². The van der Waals surface area contributed by atoms with Crippen LogP contribution in [-0.2, 0) is 11.2 Å². The van der Waals surface area contributed by atoms with Crippen LogP contribution < -0.4 is 0 Å². The summed E-state index contributed by atoms with van der Waals surface area (Å²) >= 11 is 3.23. The second kappa shape index (κ2) is 5.29. The van der Waals surface area contributed by atoms with Crippen LogP contribution in [0.4, 0.5) is 4.79 Å². The van der Waals surface area contributed by atoms with Gasteiger partial charge in [-0.15, -0.1) is 0 Å². The molecule has 0 amide bonds. The molecule has 0 spiro atoms. The number of hydrogen-bond donors (Lipinski definition) is 1. The highest BCUT2D eigenvalue weighted by atomic mass is 79.9. The van der Waals surface area contributed by atoms with Crippen molar-refractivity contribution in [2.75, 3.05) is 0 Å². The fraction of sp³-hybridized carbons (Fsp3) is 0.500. The van der Waals surface area contributed by atoms with Crippen LogP contribution in [0.2, 0.25) is 0 Å². The minimum absolute atomic E-state index is 0.0986. The number of Topliss-reactive ketones (excluding diaryl/α,β-unsaturated/α-hetero) is 1. The molecule has 1 N–H and O–H groups in total. The number of fused-ring (bicyclic) bond motifs is 1. The van der Waals surface area contributed by atoms with E-state index in [0.29, 0.717) is 18.5 Å². The molecule has 0 aromatic carbocycles. The minimum Gasteiger partial charge on any atom is -0.478 e. The maximum atomic E-state index is 12.2. The van der Waals surface area contributed by atoms with Gasteiger partial charge in [0.05, 0.1) is 16.0 Å². The van der Waals surface area contributed by atoms with Crippen LogP contribution in [-0.4, -0.2) is 37.9 Å². The highest BCUT2D eigenvalue weighted by molar-refractivity contribution is 9.10. The van der Waals surface area contributed by atoms with Crippen molar-refractivity contribution in [3.8, 4) is 0 Å². The zero-order valence-electron chi connectivity index (χ0n) is 12.0. The molecule has 1 unspecified atom stereocenters. The molecule has 1 aromatic heterocycles. The number of rotatable bonds is 1. The minimum atomic E-state index is -1.23. The number of hydrogen-bond acceptors (Lipinski definition) is 4. The fourth-order valence-electron chi connectivity index (χ4n) is 2.26. The average molecular weight is 358 g/mol. The Balaban J connectivity index is 2.53. The molecule has 0 saturated heterocycles. The lowest BCUT2D eigenvalue weighted by atomic mass is 9.93. The number of carbonyl (C=O) groups is 3. The smallest absolute Gasteiger partial charge is 0.418 e. The Labute approximate surface area is 130 Å². The SMILES string of the molecule is CC(C)(C)OC(=O)n1cc(C(=O)O)c2c1CCC(Br)C2=O. The number of aromatic carboxylic acids is 1. The number of ketones is 1. The number of aromatic nitrogens is 1. The molecule has 1 aliphatic rings. The Morgan fingerprint density at radius 3 is 2.57 bits per heavy atom. The largest absolute Gasteiger partial charge is 0.478 e. The van der Waals surface area contributed by atoms with E-state index in [2.05, 4.69) is 15.9 Å². The highest BCUT2D eigenvalue weighted by Crippen LogP contribution is 2.30. The van der Waals surface area contributed by atoms with Gasteiger partial charge in [-0.3, -0.25) is 9.36 Å². The van der Waals surface area contributed by atoms with E-state index in [1.807, 2.05) is 0 Å². The zero-order valence-corrected chi connectivity index (χ0v) is 13.6. The van der Waals surface area contributed by atoms with Gasteiger partial charge in [0.15, 0.2) is 5.78 Å². The molecule has 0 radical (unpaired) electrons. The van der Waals surface area contributed by atoms with Crippen LogP contribution in [0.15, 0.2) is 6.20 Å². The number of carbonyl (C=O) groups excluding carboxylic acids is 2. The molecule has 0 saturated carbocycles. The topological polar surface area (TPSA) is 85.6 Å². The average Bonchev–Trinajstić information content (AvgIpc) is 2.72. The van der Waals surface area contributed by atoms with E-state index in [4.69, 9.17) is 4.74 Å². The van der Waals surface area contributed by atoms with Gasteiger partial charge in [0.25, 0.3) is 0 Å². The summed E-state index contributed by atoms with van der Waals surface area (Å²) in [5.74, 6) is -1.54. The molecule has 0 fully saturated rings. The van der Waals surface area contributed by atoms with E-state index in [-0.39, 0.29) is 16.9 Å². The molecule has 1 atom stereocenters. The third-order valence-electron chi connectivity index (χ3n) is 3.09. The van der Waals surface area contributed by atoms with Crippen LogP contribution in [0, 0.1) is 0 Å². The Morgan fingerprint density at radius 1 is 1.43 bits per heavy atom. The summed E-state index contributed by atoms with van der Waals surface area (Å²) in [6.07, 6.45) is 1.44. The van der Waals surface area contributed by atoms with Crippen molar-refractivity contribution < 1.29 is 24.2 Å². The maximum absolute atomic E-state index is 12.2. The number of halogens is 1. The normalized spacial score (nSPS) is 18.3. The molecule has 114 valence electrons. The lowest BCUT2D eigenvalue weighted by Crippen LogP contribution is -2.30. The van der Waals surface area contributed by atoms with Crippen molar-refractivity contribution in [3.05, 3.63) is 23.0 Å². The number of nitrogens with zero attached hydrogens (tertiary/aromatic N) is 1.